The summed E-state index contributed by atoms with van der Waals surface area (Å²) in [6, 6.07) is 0.492. The van der Waals surface area contributed by atoms with E-state index in [4.69, 9.17) is 0 Å². The molecule has 0 amide bonds. The minimum Gasteiger partial charge on any atom is -0.227 e. The fourth-order valence-electron chi connectivity index (χ4n) is 0.652. The zero-order valence-corrected chi connectivity index (χ0v) is 6.45. The van der Waals surface area contributed by atoms with Gasteiger partial charge in [0.1, 0.15) is 10.7 Å². The summed E-state index contributed by atoms with van der Waals surface area (Å²) in [6.07, 6.45) is 0. The largest absolute Gasteiger partial charge is 0.227 e. The fourth-order valence-corrected chi connectivity index (χ4v) is 1.11. The molecule has 6 heteroatoms. The lowest BCUT2D eigenvalue weighted by Crippen LogP contribution is -1.92. The lowest BCUT2D eigenvalue weighted by atomic mass is 10.3. The van der Waals surface area contributed by atoms with E-state index in [0.29, 0.717) is 6.07 Å². The summed E-state index contributed by atoms with van der Waals surface area (Å²) in [5.74, 6) is -4.08. The Morgan fingerprint density at radius 1 is 0.917 bits per heavy atom. The molecular formula is C6H3F3O2S. The first-order valence-electron chi connectivity index (χ1n) is 2.81. The highest BCUT2D eigenvalue weighted by molar-refractivity contribution is 7.72. The molecule has 2 nitrogen and oxygen atoms in total. The number of benzene rings is 1. The van der Waals surface area contributed by atoms with Crippen molar-refractivity contribution in [3.63, 3.8) is 0 Å². The maximum absolute atomic E-state index is 12.5. The van der Waals surface area contributed by atoms with Gasteiger partial charge in [-0.15, -0.1) is 0 Å². The normalized spacial score (nSPS) is 10.7. The van der Waals surface area contributed by atoms with E-state index >= 15 is 0 Å². The van der Waals surface area contributed by atoms with E-state index in [1.165, 1.54) is 0 Å². The third-order valence-electron chi connectivity index (χ3n) is 1.19. The van der Waals surface area contributed by atoms with Crippen LogP contribution in [-0.4, -0.2) is 8.42 Å². The van der Waals surface area contributed by atoms with Crippen molar-refractivity contribution in [2.75, 3.05) is 0 Å². The third kappa shape index (κ3) is 1.58. The second-order valence-corrected chi connectivity index (χ2v) is 2.97. The van der Waals surface area contributed by atoms with E-state index in [1.54, 1.807) is 0 Å². The van der Waals surface area contributed by atoms with E-state index in [-0.39, 0.29) is 6.07 Å². The maximum atomic E-state index is 12.5. The summed E-state index contributed by atoms with van der Waals surface area (Å²) in [5, 5.41) is 0. The maximum Gasteiger partial charge on any atom is 0.171 e. The third-order valence-corrected chi connectivity index (χ3v) is 1.92. The minimum absolute atomic E-state index is 0.190. The lowest BCUT2D eigenvalue weighted by molar-refractivity contribution is 0.483. The summed E-state index contributed by atoms with van der Waals surface area (Å²) in [6.45, 7) is 0. The SMILES string of the molecule is O=[SH](=O)c1cc(F)c(F)cc1F. The molecule has 0 aliphatic heterocycles. The molecule has 0 saturated heterocycles. The van der Waals surface area contributed by atoms with Crippen molar-refractivity contribution in [3.8, 4) is 0 Å². The summed E-state index contributed by atoms with van der Waals surface area (Å²) in [7, 11) is -3.23. The molecule has 0 aromatic heterocycles. The van der Waals surface area contributed by atoms with Gasteiger partial charge in [0.15, 0.2) is 22.3 Å². The predicted octanol–water partition coefficient (Wildman–Crippen LogP) is 1.07. The van der Waals surface area contributed by atoms with Crippen molar-refractivity contribution in [2.24, 2.45) is 0 Å². The summed E-state index contributed by atoms with van der Waals surface area (Å²) >= 11 is 0. The van der Waals surface area contributed by atoms with Gasteiger partial charge in [0.05, 0.1) is 0 Å². The molecule has 0 radical (unpaired) electrons. The van der Waals surface area contributed by atoms with Crippen LogP contribution < -0.4 is 0 Å². The van der Waals surface area contributed by atoms with E-state index in [2.05, 4.69) is 0 Å². The molecule has 0 fully saturated rings. The molecule has 0 spiro atoms. The van der Waals surface area contributed by atoms with Gasteiger partial charge < -0.3 is 0 Å². The van der Waals surface area contributed by atoms with Gasteiger partial charge >= 0.3 is 0 Å². The standard InChI is InChI=1S/C6H3F3O2S/c7-3-1-5(9)6(12(10)11)2-4(3)8/h1-2,12H. The van der Waals surface area contributed by atoms with Crippen LogP contribution in [0.5, 0.6) is 0 Å². The molecule has 0 unspecified atom stereocenters. The molecular weight excluding hydrogens is 193 g/mol. The zero-order valence-electron chi connectivity index (χ0n) is 5.55. The molecule has 0 heterocycles. The average molecular weight is 196 g/mol. The van der Waals surface area contributed by atoms with Crippen molar-refractivity contribution in [3.05, 3.63) is 29.6 Å². The Morgan fingerprint density at radius 3 is 1.92 bits per heavy atom. The molecule has 12 heavy (non-hydrogen) atoms. The molecule has 66 valence electrons. The van der Waals surface area contributed by atoms with Crippen molar-refractivity contribution >= 4 is 10.7 Å². The Kier molecular flexibility index (Phi) is 2.37. The van der Waals surface area contributed by atoms with Crippen LogP contribution in [-0.2, 0) is 10.7 Å². The Balaban J connectivity index is 3.43. The smallest absolute Gasteiger partial charge is 0.171 e. The highest BCUT2D eigenvalue weighted by Gasteiger charge is 2.10. The van der Waals surface area contributed by atoms with Crippen LogP contribution in [0.1, 0.15) is 0 Å². The Morgan fingerprint density at radius 2 is 1.42 bits per heavy atom. The minimum atomic E-state index is -3.23. The monoisotopic (exact) mass is 196 g/mol. The van der Waals surface area contributed by atoms with Crippen LogP contribution in [0.4, 0.5) is 13.2 Å². The first-order valence-corrected chi connectivity index (χ1v) is 3.99. The average Bonchev–Trinajstić information content (AvgIpc) is 1.96. The van der Waals surface area contributed by atoms with Crippen LogP contribution in [0.2, 0.25) is 0 Å². The molecule has 1 aromatic rings. The Labute approximate surface area is 67.6 Å². The van der Waals surface area contributed by atoms with Crippen molar-refractivity contribution in [2.45, 2.75) is 4.90 Å². The number of halogens is 3. The second-order valence-electron chi connectivity index (χ2n) is 1.97. The second kappa shape index (κ2) is 3.14. The van der Waals surface area contributed by atoms with Crippen LogP contribution in [0, 0.1) is 17.5 Å². The van der Waals surface area contributed by atoms with Gasteiger partial charge in [-0.2, -0.15) is 0 Å². The number of hydrogen-bond acceptors (Lipinski definition) is 2. The van der Waals surface area contributed by atoms with E-state index in [1.807, 2.05) is 0 Å². The first-order chi connectivity index (χ1) is 5.52. The molecule has 0 aliphatic carbocycles. The molecule has 1 rings (SSSR count). The quantitative estimate of drug-likeness (QED) is 0.538. The lowest BCUT2D eigenvalue weighted by Gasteiger charge is -1.95. The molecule has 1 aromatic carbocycles. The molecule has 0 atom stereocenters. The van der Waals surface area contributed by atoms with Crippen molar-refractivity contribution in [1.82, 2.24) is 0 Å². The highest BCUT2D eigenvalue weighted by atomic mass is 32.2. The highest BCUT2D eigenvalue weighted by Crippen LogP contribution is 2.14. The van der Waals surface area contributed by atoms with Crippen LogP contribution in [0.25, 0.3) is 0 Å². The van der Waals surface area contributed by atoms with Gasteiger partial charge in [-0.25, -0.2) is 21.6 Å². The van der Waals surface area contributed by atoms with Crippen molar-refractivity contribution in [1.29, 1.82) is 0 Å². The van der Waals surface area contributed by atoms with Crippen LogP contribution in [0.3, 0.4) is 0 Å². The summed E-state index contributed by atoms with van der Waals surface area (Å²) in [4.78, 5) is -0.844. The first kappa shape index (κ1) is 9.05. The van der Waals surface area contributed by atoms with Crippen molar-refractivity contribution < 1.29 is 21.6 Å². The van der Waals surface area contributed by atoms with E-state index in [9.17, 15) is 21.6 Å². The zero-order chi connectivity index (χ0) is 9.30. The molecule has 0 N–H and O–H groups in total. The van der Waals surface area contributed by atoms with Crippen LogP contribution in [0.15, 0.2) is 17.0 Å². The van der Waals surface area contributed by atoms with Gasteiger partial charge in [0.2, 0.25) is 0 Å². The topological polar surface area (TPSA) is 34.1 Å². The van der Waals surface area contributed by atoms with Gasteiger partial charge in [-0.1, -0.05) is 0 Å². The fraction of sp³-hybridized carbons (Fsp3) is 0. The van der Waals surface area contributed by atoms with Crippen LogP contribution >= 0.6 is 0 Å². The Hall–Kier alpha value is -1.04. The predicted molar refractivity (Wildman–Crippen MR) is 34.9 cm³/mol. The van der Waals surface area contributed by atoms with Gasteiger partial charge in [-0.05, 0) is 6.07 Å². The van der Waals surface area contributed by atoms with E-state index < -0.39 is 33.1 Å². The molecule has 0 saturated carbocycles. The molecule has 0 aliphatic rings. The summed E-state index contributed by atoms with van der Waals surface area (Å²) < 4.78 is 57.4. The summed E-state index contributed by atoms with van der Waals surface area (Å²) in [5.41, 5.74) is 0. The molecule has 0 bridgehead atoms. The number of hydrogen-bond donors (Lipinski definition) is 1. The number of rotatable bonds is 1. The van der Waals surface area contributed by atoms with Gasteiger partial charge in [0.25, 0.3) is 0 Å². The van der Waals surface area contributed by atoms with E-state index in [0.717, 1.165) is 0 Å². The number of thiol groups is 1. The Bertz CT molecular complexity index is 379. The van der Waals surface area contributed by atoms with Gasteiger partial charge in [-0.3, -0.25) is 0 Å². The van der Waals surface area contributed by atoms with Gasteiger partial charge in [0, 0.05) is 6.07 Å².